The lowest BCUT2D eigenvalue weighted by atomic mass is 9.61. The van der Waals surface area contributed by atoms with Crippen LogP contribution in [0.4, 0.5) is 0 Å². The molecule has 0 radical (unpaired) electrons. The fraction of sp³-hybridized carbons (Fsp3) is 0.733. The second-order valence-electron chi connectivity index (χ2n) is 12.5. The Morgan fingerprint density at radius 3 is 2.59 bits per heavy atom. The summed E-state index contributed by atoms with van der Waals surface area (Å²) >= 11 is 0. The number of hydrogen-bond donors (Lipinski definition) is 0. The summed E-state index contributed by atoms with van der Waals surface area (Å²) in [6.07, 6.45) is 12.7. The molecule has 6 rings (SSSR count). The molecule has 2 heterocycles. The number of ether oxygens (including phenoxy) is 1. The number of amides is 1. The zero-order valence-corrected chi connectivity index (χ0v) is 21.6. The Morgan fingerprint density at radius 1 is 1.15 bits per heavy atom. The first-order chi connectivity index (χ1) is 16.4. The van der Waals surface area contributed by atoms with Gasteiger partial charge in [0.05, 0.1) is 6.10 Å². The summed E-state index contributed by atoms with van der Waals surface area (Å²) < 4.78 is 5.75. The minimum Gasteiger partial charge on any atom is -0.381 e. The third-order valence-electron chi connectivity index (χ3n) is 10.1. The number of rotatable bonds is 5. The number of methoxy groups -OCH3 is 1. The zero-order valence-electron chi connectivity index (χ0n) is 21.6. The van der Waals surface area contributed by atoms with Gasteiger partial charge >= 0.3 is 0 Å². The predicted octanol–water partition coefficient (Wildman–Crippen LogP) is 6.05. The summed E-state index contributed by atoms with van der Waals surface area (Å²) in [5.74, 6) is 3.25. The van der Waals surface area contributed by atoms with Gasteiger partial charge in [-0.05, 0) is 85.8 Å². The molecule has 2 saturated carbocycles. The number of carbonyl (C=O) groups excluding carboxylic acids is 1. The fourth-order valence-corrected chi connectivity index (χ4v) is 8.07. The molecule has 2 spiro atoms. The molecular formula is C30H42N2O2. The van der Waals surface area contributed by atoms with Crippen LogP contribution < -0.4 is 0 Å². The number of aryl methyl sites for hydroxylation is 1. The number of benzene rings is 1. The van der Waals surface area contributed by atoms with E-state index in [1.807, 2.05) is 7.11 Å². The molecule has 4 nitrogen and oxygen atoms in total. The summed E-state index contributed by atoms with van der Waals surface area (Å²) in [7, 11) is 1.84. The van der Waals surface area contributed by atoms with Gasteiger partial charge in [-0.2, -0.15) is 0 Å². The highest BCUT2D eigenvalue weighted by atomic mass is 16.5. The maximum Gasteiger partial charge on any atom is 0.261 e. The van der Waals surface area contributed by atoms with Gasteiger partial charge in [-0.3, -0.25) is 14.7 Å². The van der Waals surface area contributed by atoms with E-state index >= 15 is 0 Å². The van der Waals surface area contributed by atoms with Crippen LogP contribution in [0, 0.1) is 23.2 Å². The van der Waals surface area contributed by atoms with E-state index in [0.29, 0.717) is 23.8 Å². The third-order valence-corrected chi connectivity index (χ3v) is 10.1. The van der Waals surface area contributed by atoms with Crippen molar-refractivity contribution in [2.24, 2.45) is 28.2 Å². The van der Waals surface area contributed by atoms with Crippen LogP contribution in [0.2, 0.25) is 0 Å². The number of fused-ring (bicyclic) bond motifs is 4. The van der Waals surface area contributed by atoms with Gasteiger partial charge in [-0.1, -0.05) is 51.8 Å². The monoisotopic (exact) mass is 462 g/mol. The van der Waals surface area contributed by atoms with Crippen molar-refractivity contribution in [2.45, 2.75) is 109 Å². The predicted molar refractivity (Wildman–Crippen MR) is 136 cm³/mol. The lowest BCUT2D eigenvalue weighted by Crippen LogP contribution is -2.57. The molecule has 1 aromatic carbocycles. The van der Waals surface area contributed by atoms with E-state index in [1.54, 1.807) is 0 Å². The topological polar surface area (TPSA) is 41.9 Å². The van der Waals surface area contributed by atoms with E-state index in [1.165, 1.54) is 36.0 Å². The van der Waals surface area contributed by atoms with E-state index in [9.17, 15) is 4.79 Å². The number of amidine groups is 1. The molecule has 184 valence electrons. The number of hydrogen-bond acceptors (Lipinski definition) is 3. The van der Waals surface area contributed by atoms with Crippen molar-refractivity contribution in [2.75, 3.05) is 7.11 Å². The molecule has 1 saturated heterocycles. The van der Waals surface area contributed by atoms with Crippen molar-refractivity contribution in [1.29, 1.82) is 0 Å². The minimum atomic E-state index is -0.719. The summed E-state index contributed by atoms with van der Waals surface area (Å²) in [5, 5.41) is 0. The second kappa shape index (κ2) is 8.18. The van der Waals surface area contributed by atoms with Crippen molar-refractivity contribution < 1.29 is 9.53 Å². The lowest BCUT2D eigenvalue weighted by Gasteiger charge is -2.46. The van der Waals surface area contributed by atoms with Crippen LogP contribution in [-0.4, -0.2) is 35.9 Å². The molecule has 5 aliphatic rings. The van der Waals surface area contributed by atoms with Crippen LogP contribution in [-0.2, 0) is 27.9 Å². The Bertz CT molecular complexity index is 1000. The van der Waals surface area contributed by atoms with Crippen molar-refractivity contribution >= 4 is 11.7 Å². The molecule has 1 amide bonds. The molecular weight excluding hydrogens is 420 g/mol. The largest absolute Gasteiger partial charge is 0.381 e. The van der Waals surface area contributed by atoms with Gasteiger partial charge in [-0.25, -0.2) is 0 Å². The molecule has 3 unspecified atom stereocenters. The first-order valence-corrected chi connectivity index (χ1v) is 14.0. The maximum absolute atomic E-state index is 14.8. The van der Waals surface area contributed by atoms with Crippen LogP contribution in [0.3, 0.4) is 0 Å². The summed E-state index contributed by atoms with van der Waals surface area (Å²) in [6.45, 7) is 6.89. The molecule has 34 heavy (non-hydrogen) atoms. The van der Waals surface area contributed by atoms with Crippen molar-refractivity contribution in [3.05, 3.63) is 34.9 Å². The van der Waals surface area contributed by atoms with Crippen LogP contribution in [0.15, 0.2) is 23.2 Å². The van der Waals surface area contributed by atoms with E-state index in [4.69, 9.17) is 9.73 Å². The van der Waals surface area contributed by atoms with Gasteiger partial charge in [0, 0.05) is 25.0 Å². The van der Waals surface area contributed by atoms with E-state index in [2.05, 4.69) is 43.9 Å². The SMILES string of the molecule is COC1CCC2(CC1)Cc1ccc(CCC3CC3)cc1C21N=C2CCC(C)C(C(C)C)N2C1=O. The molecule has 4 heteroatoms. The lowest BCUT2D eigenvalue weighted by molar-refractivity contribution is -0.141. The van der Waals surface area contributed by atoms with Crippen molar-refractivity contribution in [3.8, 4) is 0 Å². The van der Waals surface area contributed by atoms with Crippen LogP contribution in [0.5, 0.6) is 0 Å². The Kier molecular flexibility index (Phi) is 5.48. The fourth-order valence-electron chi connectivity index (χ4n) is 8.07. The first kappa shape index (κ1) is 22.8. The van der Waals surface area contributed by atoms with Crippen LogP contribution in [0.1, 0.15) is 95.2 Å². The highest BCUT2D eigenvalue weighted by molar-refractivity contribution is 6.10. The Labute approximate surface area is 205 Å². The maximum atomic E-state index is 14.8. The smallest absolute Gasteiger partial charge is 0.261 e. The molecule has 3 fully saturated rings. The van der Waals surface area contributed by atoms with Gasteiger partial charge in [0.2, 0.25) is 0 Å². The summed E-state index contributed by atoms with van der Waals surface area (Å²) in [4.78, 5) is 22.5. The standard InChI is InChI=1S/C30H42N2O2/c1-19(2)27-20(3)5-12-26-31-30(28(33)32(26)27)25-17-22(9-8-21-6-7-21)10-11-23(25)18-29(30)15-13-24(34-4)14-16-29/h10-11,17,19-21,24,27H,5-9,12-16,18H2,1-4H3. The summed E-state index contributed by atoms with van der Waals surface area (Å²) in [6, 6.07) is 7.36. The number of nitrogens with zero attached hydrogens (tertiary/aromatic N) is 2. The second-order valence-corrected chi connectivity index (χ2v) is 12.5. The highest BCUT2D eigenvalue weighted by Gasteiger charge is 2.67. The average molecular weight is 463 g/mol. The normalized spacial score (nSPS) is 37.0. The number of aliphatic imine (C=N–C) groups is 1. The number of piperidine rings is 1. The molecule has 2 aliphatic heterocycles. The van der Waals surface area contributed by atoms with E-state index in [-0.39, 0.29) is 11.5 Å². The van der Waals surface area contributed by atoms with Gasteiger partial charge in [0.1, 0.15) is 5.84 Å². The van der Waals surface area contributed by atoms with Gasteiger partial charge < -0.3 is 4.74 Å². The van der Waals surface area contributed by atoms with Crippen LogP contribution >= 0.6 is 0 Å². The van der Waals surface area contributed by atoms with Crippen molar-refractivity contribution in [1.82, 2.24) is 4.90 Å². The Balaban J connectivity index is 1.45. The Morgan fingerprint density at radius 2 is 1.91 bits per heavy atom. The van der Waals surface area contributed by atoms with E-state index < -0.39 is 5.54 Å². The Hall–Kier alpha value is -1.68. The average Bonchev–Trinajstić information content (AvgIpc) is 3.57. The third kappa shape index (κ3) is 3.27. The molecule has 0 N–H and O–H groups in total. The van der Waals surface area contributed by atoms with E-state index in [0.717, 1.165) is 63.1 Å². The zero-order chi connectivity index (χ0) is 23.7. The van der Waals surface area contributed by atoms with Gasteiger partial charge in [-0.15, -0.1) is 0 Å². The summed E-state index contributed by atoms with van der Waals surface area (Å²) in [5.41, 5.74) is 3.20. The highest BCUT2D eigenvalue weighted by Crippen LogP contribution is 2.63. The molecule has 1 aromatic rings. The number of carbonyl (C=O) groups is 1. The van der Waals surface area contributed by atoms with Crippen LogP contribution in [0.25, 0.3) is 0 Å². The van der Waals surface area contributed by atoms with Gasteiger partial charge in [0.25, 0.3) is 5.91 Å². The van der Waals surface area contributed by atoms with Gasteiger partial charge in [0.15, 0.2) is 5.54 Å². The molecule has 3 aliphatic carbocycles. The van der Waals surface area contributed by atoms with Crippen molar-refractivity contribution in [3.63, 3.8) is 0 Å². The minimum absolute atomic E-state index is 0.105. The quantitative estimate of drug-likeness (QED) is 0.534. The molecule has 3 atom stereocenters. The first-order valence-electron chi connectivity index (χ1n) is 14.0. The molecule has 0 bridgehead atoms. The molecule has 0 aromatic heterocycles.